The van der Waals surface area contributed by atoms with Crippen LogP contribution in [0.4, 0.5) is 8.78 Å². The summed E-state index contributed by atoms with van der Waals surface area (Å²) >= 11 is 0. The van der Waals surface area contributed by atoms with Crippen LogP contribution < -0.4 is 0 Å². The largest absolute Gasteiger partial charge is 0.480 e. The molecule has 0 spiro atoms. The molecule has 1 aromatic carbocycles. The lowest BCUT2D eigenvalue weighted by atomic mass is 10.2. The van der Waals surface area contributed by atoms with Gasteiger partial charge in [-0.1, -0.05) is 0 Å². The van der Waals surface area contributed by atoms with E-state index in [-0.39, 0.29) is 11.6 Å². The summed E-state index contributed by atoms with van der Waals surface area (Å²) in [5.41, 5.74) is -0.0398. The highest BCUT2D eigenvalue weighted by Gasteiger charge is 2.34. The summed E-state index contributed by atoms with van der Waals surface area (Å²) in [6.45, 7) is -0.428. The standard InChI is InChI=1S/C12H11F2NO3/c13-9-4-1-7(5-10(9)14)12(18)15(6-11(16)17)8-2-3-8/h1,4-5,8H,2-3,6H2,(H,16,17). The van der Waals surface area contributed by atoms with Crippen molar-refractivity contribution < 1.29 is 23.5 Å². The van der Waals surface area contributed by atoms with Gasteiger partial charge in [-0.05, 0) is 31.0 Å². The predicted octanol–water partition coefficient (Wildman–Crippen LogP) is 1.65. The number of halogens is 2. The lowest BCUT2D eigenvalue weighted by Crippen LogP contribution is -2.37. The average molecular weight is 255 g/mol. The molecule has 0 atom stereocenters. The first-order chi connectivity index (χ1) is 8.49. The van der Waals surface area contributed by atoms with Crippen LogP contribution in [0, 0.1) is 11.6 Å². The van der Waals surface area contributed by atoms with Gasteiger partial charge in [0.15, 0.2) is 11.6 Å². The zero-order valence-corrected chi connectivity index (χ0v) is 9.40. The van der Waals surface area contributed by atoms with Crippen molar-refractivity contribution in [1.29, 1.82) is 0 Å². The highest BCUT2D eigenvalue weighted by atomic mass is 19.2. The molecule has 0 unspecified atom stereocenters. The Morgan fingerprint density at radius 1 is 1.28 bits per heavy atom. The molecule has 1 aliphatic carbocycles. The van der Waals surface area contributed by atoms with Crippen molar-refractivity contribution in [2.45, 2.75) is 18.9 Å². The van der Waals surface area contributed by atoms with Crippen LogP contribution in [0.3, 0.4) is 0 Å². The molecule has 2 rings (SSSR count). The first kappa shape index (κ1) is 12.5. The van der Waals surface area contributed by atoms with E-state index in [1.165, 1.54) is 4.90 Å². The smallest absolute Gasteiger partial charge is 0.323 e. The Morgan fingerprint density at radius 2 is 1.94 bits per heavy atom. The third-order valence-electron chi connectivity index (χ3n) is 2.72. The summed E-state index contributed by atoms with van der Waals surface area (Å²) in [5.74, 6) is -3.87. The van der Waals surface area contributed by atoms with Gasteiger partial charge in [-0.25, -0.2) is 8.78 Å². The normalized spacial score (nSPS) is 14.3. The van der Waals surface area contributed by atoms with E-state index >= 15 is 0 Å². The molecule has 1 saturated carbocycles. The van der Waals surface area contributed by atoms with E-state index in [0.29, 0.717) is 0 Å². The summed E-state index contributed by atoms with van der Waals surface area (Å²) in [6.07, 6.45) is 1.48. The van der Waals surface area contributed by atoms with Crippen molar-refractivity contribution in [3.63, 3.8) is 0 Å². The molecule has 0 saturated heterocycles. The van der Waals surface area contributed by atoms with Gasteiger partial charge in [-0.3, -0.25) is 9.59 Å². The van der Waals surface area contributed by atoms with Gasteiger partial charge in [-0.2, -0.15) is 0 Å². The molecule has 1 aromatic rings. The van der Waals surface area contributed by atoms with Crippen molar-refractivity contribution >= 4 is 11.9 Å². The fourth-order valence-electron chi connectivity index (χ4n) is 1.69. The number of benzene rings is 1. The molecular weight excluding hydrogens is 244 g/mol. The number of carboxylic acids is 1. The Labute approximate surface area is 102 Å². The number of carbonyl (C=O) groups excluding carboxylic acids is 1. The monoisotopic (exact) mass is 255 g/mol. The Bertz CT molecular complexity index is 500. The number of aliphatic carboxylic acids is 1. The SMILES string of the molecule is O=C(O)CN(C(=O)c1ccc(F)c(F)c1)C1CC1. The maximum absolute atomic E-state index is 13.0. The van der Waals surface area contributed by atoms with Crippen LogP contribution >= 0.6 is 0 Å². The Hall–Kier alpha value is -1.98. The molecule has 0 heterocycles. The molecule has 1 amide bonds. The number of amides is 1. The van der Waals surface area contributed by atoms with Crippen molar-refractivity contribution in [2.75, 3.05) is 6.54 Å². The quantitative estimate of drug-likeness (QED) is 0.890. The van der Waals surface area contributed by atoms with Gasteiger partial charge in [0.05, 0.1) is 0 Å². The summed E-state index contributed by atoms with van der Waals surface area (Å²) in [5, 5.41) is 8.73. The van der Waals surface area contributed by atoms with Crippen molar-refractivity contribution in [3.8, 4) is 0 Å². The fourth-order valence-corrected chi connectivity index (χ4v) is 1.69. The summed E-state index contributed by atoms with van der Waals surface area (Å²) < 4.78 is 25.8. The highest BCUT2D eigenvalue weighted by molar-refractivity contribution is 5.96. The Balaban J connectivity index is 2.21. The zero-order chi connectivity index (χ0) is 13.3. The van der Waals surface area contributed by atoms with E-state index in [9.17, 15) is 18.4 Å². The molecular formula is C12H11F2NO3. The van der Waals surface area contributed by atoms with Gasteiger partial charge < -0.3 is 10.0 Å². The van der Waals surface area contributed by atoms with Crippen LogP contribution in [0.15, 0.2) is 18.2 Å². The zero-order valence-electron chi connectivity index (χ0n) is 9.40. The van der Waals surface area contributed by atoms with Crippen LogP contribution in [-0.2, 0) is 4.79 Å². The van der Waals surface area contributed by atoms with Gasteiger partial charge in [0.1, 0.15) is 6.54 Å². The van der Waals surface area contributed by atoms with Crippen molar-refractivity contribution in [2.24, 2.45) is 0 Å². The molecule has 0 bridgehead atoms. The maximum atomic E-state index is 13.0. The van der Waals surface area contributed by atoms with Crippen LogP contribution in [0.5, 0.6) is 0 Å². The third-order valence-corrected chi connectivity index (χ3v) is 2.72. The van der Waals surface area contributed by atoms with E-state index in [2.05, 4.69) is 0 Å². The Kier molecular flexibility index (Phi) is 3.27. The minimum absolute atomic E-state index is 0.0398. The van der Waals surface area contributed by atoms with Gasteiger partial charge in [-0.15, -0.1) is 0 Å². The first-order valence-corrected chi connectivity index (χ1v) is 5.47. The number of hydrogen-bond acceptors (Lipinski definition) is 2. The average Bonchev–Trinajstić information content (AvgIpc) is 3.12. The minimum Gasteiger partial charge on any atom is -0.480 e. The van der Waals surface area contributed by atoms with E-state index in [0.717, 1.165) is 31.0 Å². The van der Waals surface area contributed by atoms with Gasteiger partial charge in [0.25, 0.3) is 5.91 Å². The van der Waals surface area contributed by atoms with Gasteiger partial charge >= 0.3 is 5.97 Å². The number of carboxylic acid groups (broad SMARTS) is 1. The first-order valence-electron chi connectivity index (χ1n) is 5.47. The number of nitrogens with zero attached hydrogens (tertiary/aromatic N) is 1. The van der Waals surface area contributed by atoms with E-state index in [1.807, 2.05) is 0 Å². The predicted molar refractivity (Wildman–Crippen MR) is 58.1 cm³/mol. The Morgan fingerprint density at radius 3 is 2.44 bits per heavy atom. The highest BCUT2D eigenvalue weighted by Crippen LogP contribution is 2.28. The molecule has 0 radical (unpaired) electrons. The lowest BCUT2D eigenvalue weighted by molar-refractivity contribution is -0.137. The molecule has 6 heteroatoms. The second kappa shape index (κ2) is 4.72. The van der Waals surface area contributed by atoms with E-state index < -0.39 is 30.1 Å². The minimum atomic E-state index is -1.13. The van der Waals surface area contributed by atoms with Crippen molar-refractivity contribution in [1.82, 2.24) is 4.90 Å². The van der Waals surface area contributed by atoms with Crippen LogP contribution in [0.1, 0.15) is 23.2 Å². The van der Waals surface area contributed by atoms with Crippen LogP contribution in [-0.4, -0.2) is 34.5 Å². The maximum Gasteiger partial charge on any atom is 0.323 e. The van der Waals surface area contributed by atoms with E-state index in [4.69, 9.17) is 5.11 Å². The number of rotatable bonds is 4. The summed E-state index contributed by atoms with van der Waals surface area (Å²) in [7, 11) is 0. The molecule has 0 aromatic heterocycles. The lowest BCUT2D eigenvalue weighted by Gasteiger charge is -2.20. The van der Waals surface area contributed by atoms with Gasteiger partial charge in [0.2, 0.25) is 0 Å². The molecule has 1 aliphatic rings. The summed E-state index contributed by atoms with van der Waals surface area (Å²) in [4.78, 5) is 23.8. The molecule has 96 valence electrons. The second-order valence-corrected chi connectivity index (χ2v) is 4.19. The number of carbonyl (C=O) groups is 2. The topological polar surface area (TPSA) is 57.6 Å². The van der Waals surface area contributed by atoms with Gasteiger partial charge in [0, 0.05) is 11.6 Å². The molecule has 1 fully saturated rings. The molecule has 4 nitrogen and oxygen atoms in total. The third kappa shape index (κ3) is 2.64. The van der Waals surface area contributed by atoms with Crippen LogP contribution in [0.25, 0.3) is 0 Å². The number of hydrogen-bond donors (Lipinski definition) is 1. The second-order valence-electron chi connectivity index (χ2n) is 4.19. The molecule has 0 aliphatic heterocycles. The summed E-state index contributed by atoms with van der Waals surface area (Å²) in [6, 6.07) is 2.68. The van der Waals surface area contributed by atoms with Crippen LogP contribution in [0.2, 0.25) is 0 Å². The molecule has 18 heavy (non-hydrogen) atoms. The fraction of sp³-hybridized carbons (Fsp3) is 0.333. The van der Waals surface area contributed by atoms with Crippen molar-refractivity contribution in [3.05, 3.63) is 35.4 Å². The molecule has 1 N–H and O–H groups in total. The van der Waals surface area contributed by atoms with E-state index in [1.54, 1.807) is 0 Å².